The largest absolute Gasteiger partial charge is 0.293 e. The molecule has 20 heavy (non-hydrogen) atoms. The highest BCUT2D eigenvalue weighted by molar-refractivity contribution is 7.85. The number of hydrogen-bond acceptors (Lipinski definition) is 2. The number of hydrogen-bond donors (Lipinski definition) is 0. The number of benzene rings is 2. The fraction of sp³-hybridized carbons (Fsp3) is 0.133. The Morgan fingerprint density at radius 2 is 1.85 bits per heavy atom. The van der Waals surface area contributed by atoms with Crippen molar-refractivity contribution in [3.8, 4) is 0 Å². The van der Waals surface area contributed by atoms with E-state index in [2.05, 4.69) is 0 Å². The minimum Gasteiger partial charge on any atom is -0.293 e. The molecular weight excluding hydrogens is 315 g/mol. The van der Waals surface area contributed by atoms with Crippen molar-refractivity contribution in [3.63, 3.8) is 0 Å². The van der Waals surface area contributed by atoms with Gasteiger partial charge in [-0.1, -0.05) is 47.0 Å². The summed E-state index contributed by atoms with van der Waals surface area (Å²) in [5.41, 5.74) is 1.56. The highest BCUT2D eigenvalue weighted by atomic mass is 35.5. The molecule has 0 aliphatic heterocycles. The Morgan fingerprint density at radius 3 is 2.50 bits per heavy atom. The Balaban J connectivity index is 2.15. The molecule has 2 aromatic carbocycles. The van der Waals surface area contributed by atoms with Crippen LogP contribution in [-0.2, 0) is 10.8 Å². The lowest BCUT2D eigenvalue weighted by Gasteiger charge is -2.04. The highest BCUT2D eigenvalue weighted by Gasteiger charge is 2.13. The molecule has 0 N–H and O–H groups in total. The van der Waals surface area contributed by atoms with Crippen molar-refractivity contribution in [2.24, 2.45) is 0 Å². The van der Waals surface area contributed by atoms with Gasteiger partial charge in [-0.3, -0.25) is 9.00 Å². The monoisotopic (exact) mass is 326 g/mol. The molecule has 0 heterocycles. The zero-order valence-corrected chi connectivity index (χ0v) is 13.1. The van der Waals surface area contributed by atoms with Crippen molar-refractivity contribution in [1.29, 1.82) is 0 Å². The van der Waals surface area contributed by atoms with Crippen LogP contribution in [0, 0.1) is 6.92 Å². The van der Waals surface area contributed by atoms with Crippen molar-refractivity contribution < 1.29 is 9.00 Å². The summed E-state index contributed by atoms with van der Waals surface area (Å²) in [4.78, 5) is 12.6. The molecule has 2 rings (SSSR count). The van der Waals surface area contributed by atoms with Crippen LogP contribution in [0.15, 0.2) is 47.4 Å². The van der Waals surface area contributed by atoms with Gasteiger partial charge in [0.05, 0.1) is 26.6 Å². The molecule has 2 nitrogen and oxygen atoms in total. The van der Waals surface area contributed by atoms with Crippen LogP contribution in [0.4, 0.5) is 0 Å². The fourth-order valence-electron chi connectivity index (χ4n) is 1.72. The molecule has 0 aromatic heterocycles. The second-order valence-electron chi connectivity index (χ2n) is 4.36. The number of halogens is 2. The van der Waals surface area contributed by atoms with Crippen LogP contribution < -0.4 is 0 Å². The lowest BCUT2D eigenvalue weighted by molar-refractivity contribution is 0.102. The van der Waals surface area contributed by atoms with Gasteiger partial charge >= 0.3 is 0 Å². The molecule has 0 aliphatic rings. The molecule has 1 unspecified atom stereocenters. The Labute approximate surface area is 130 Å². The maximum atomic E-state index is 12.2. The molecule has 0 spiro atoms. The first-order chi connectivity index (χ1) is 9.47. The van der Waals surface area contributed by atoms with Crippen LogP contribution >= 0.6 is 23.2 Å². The smallest absolute Gasteiger partial charge is 0.175 e. The number of ketones is 1. The first-order valence-electron chi connectivity index (χ1n) is 5.90. The van der Waals surface area contributed by atoms with E-state index in [0.29, 0.717) is 20.5 Å². The quantitative estimate of drug-likeness (QED) is 0.785. The first kappa shape index (κ1) is 15.2. The summed E-state index contributed by atoms with van der Waals surface area (Å²) in [6.45, 7) is 1.91. The van der Waals surface area contributed by atoms with Gasteiger partial charge in [0.2, 0.25) is 0 Å². The number of Topliss-reactive ketones (excluding diaryl/α,β-unsaturated/α-hetero) is 1. The minimum atomic E-state index is -1.43. The summed E-state index contributed by atoms with van der Waals surface area (Å²) in [6.07, 6.45) is 0. The maximum Gasteiger partial charge on any atom is 0.175 e. The van der Waals surface area contributed by atoms with Gasteiger partial charge in [0.1, 0.15) is 0 Å². The maximum absolute atomic E-state index is 12.2. The molecule has 0 radical (unpaired) electrons. The molecule has 0 bridgehead atoms. The van der Waals surface area contributed by atoms with Crippen LogP contribution in [0.25, 0.3) is 0 Å². The second-order valence-corrected chi connectivity index (χ2v) is 6.62. The van der Waals surface area contributed by atoms with Gasteiger partial charge in [-0.25, -0.2) is 0 Å². The average molecular weight is 327 g/mol. The molecule has 0 amide bonds. The van der Waals surface area contributed by atoms with Gasteiger partial charge in [-0.05, 0) is 31.2 Å². The van der Waals surface area contributed by atoms with E-state index in [4.69, 9.17) is 23.2 Å². The van der Waals surface area contributed by atoms with Crippen molar-refractivity contribution in [2.45, 2.75) is 11.8 Å². The van der Waals surface area contributed by atoms with E-state index >= 15 is 0 Å². The molecule has 104 valence electrons. The van der Waals surface area contributed by atoms with E-state index in [-0.39, 0.29) is 11.5 Å². The third kappa shape index (κ3) is 3.69. The molecular formula is C15H12Cl2O2S. The van der Waals surface area contributed by atoms with Gasteiger partial charge in [0.25, 0.3) is 0 Å². The SMILES string of the molecule is Cc1cccc(C(=O)CS(=O)c2ccc(Cl)c(Cl)c2)c1. The predicted octanol–water partition coefficient (Wildman–Crippen LogP) is 4.29. The molecule has 0 aliphatic carbocycles. The number of aryl methyl sites for hydroxylation is 1. The third-order valence-electron chi connectivity index (χ3n) is 2.76. The molecule has 0 fully saturated rings. The standard InChI is InChI=1S/C15H12Cl2O2S/c1-10-3-2-4-11(7-10)15(18)9-20(19)12-5-6-13(16)14(17)8-12/h2-8H,9H2,1H3. The van der Waals surface area contributed by atoms with Gasteiger partial charge < -0.3 is 0 Å². The summed E-state index contributed by atoms with van der Waals surface area (Å²) in [7, 11) is -1.43. The Morgan fingerprint density at radius 1 is 1.10 bits per heavy atom. The lowest BCUT2D eigenvalue weighted by atomic mass is 10.1. The van der Waals surface area contributed by atoms with E-state index < -0.39 is 10.8 Å². The van der Waals surface area contributed by atoms with Crippen LogP contribution in [0.2, 0.25) is 10.0 Å². The summed E-state index contributed by atoms with van der Waals surface area (Å²) < 4.78 is 12.2. The predicted molar refractivity (Wildman–Crippen MR) is 83.2 cm³/mol. The highest BCUT2D eigenvalue weighted by Crippen LogP contribution is 2.24. The van der Waals surface area contributed by atoms with Crippen molar-refractivity contribution in [2.75, 3.05) is 5.75 Å². The fourth-order valence-corrected chi connectivity index (χ4v) is 3.13. The zero-order chi connectivity index (χ0) is 14.7. The van der Waals surface area contributed by atoms with E-state index in [9.17, 15) is 9.00 Å². The van der Waals surface area contributed by atoms with Gasteiger partial charge in [0, 0.05) is 10.5 Å². The van der Waals surface area contributed by atoms with Crippen molar-refractivity contribution in [1.82, 2.24) is 0 Å². The van der Waals surface area contributed by atoms with Crippen LogP contribution in [0.5, 0.6) is 0 Å². The number of carbonyl (C=O) groups is 1. The normalized spacial score (nSPS) is 12.2. The van der Waals surface area contributed by atoms with Gasteiger partial charge in [0.15, 0.2) is 5.78 Å². The molecule has 0 saturated carbocycles. The molecule has 5 heteroatoms. The topological polar surface area (TPSA) is 34.1 Å². The zero-order valence-electron chi connectivity index (χ0n) is 10.7. The van der Waals surface area contributed by atoms with Crippen LogP contribution in [0.1, 0.15) is 15.9 Å². The van der Waals surface area contributed by atoms with E-state index in [1.165, 1.54) is 6.07 Å². The third-order valence-corrected chi connectivity index (χ3v) is 4.80. The van der Waals surface area contributed by atoms with Crippen LogP contribution in [0.3, 0.4) is 0 Å². The van der Waals surface area contributed by atoms with Gasteiger partial charge in [-0.2, -0.15) is 0 Å². The number of carbonyl (C=O) groups excluding carboxylic acids is 1. The Bertz CT molecular complexity index is 683. The summed E-state index contributed by atoms with van der Waals surface area (Å²) in [6, 6.07) is 12.0. The van der Waals surface area contributed by atoms with Crippen molar-refractivity contribution in [3.05, 3.63) is 63.6 Å². The molecule has 1 atom stereocenters. The van der Waals surface area contributed by atoms with Crippen LogP contribution in [-0.4, -0.2) is 15.7 Å². The van der Waals surface area contributed by atoms with E-state index in [0.717, 1.165) is 5.56 Å². The minimum absolute atomic E-state index is 0.0680. The summed E-state index contributed by atoms with van der Waals surface area (Å²) in [5, 5.41) is 0.734. The lowest BCUT2D eigenvalue weighted by Crippen LogP contribution is -2.11. The average Bonchev–Trinajstić information content (AvgIpc) is 2.41. The van der Waals surface area contributed by atoms with Crippen molar-refractivity contribution >= 4 is 39.8 Å². The molecule has 0 saturated heterocycles. The van der Waals surface area contributed by atoms with E-state index in [1.807, 2.05) is 19.1 Å². The van der Waals surface area contributed by atoms with E-state index in [1.54, 1.807) is 24.3 Å². The molecule has 2 aromatic rings. The first-order valence-corrected chi connectivity index (χ1v) is 7.98. The Kier molecular flexibility index (Phi) is 4.97. The second kappa shape index (κ2) is 6.53. The van der Waals surface area contributed by atoms with Gasteiger partial charge in [-0.15, -0.1) is 0 Å². The Hall–Kier alpha value is -1.16. The summed E-state index contributed by atoms with van der Waals surface area (Å²) >= 11 is 11.7. The number of rotatable bonds is 4. The summed E-state index contributed by atoms with van der Waals surface area (Å²) in [5.74, 6) is -0.223.